The summed E-state index contributed by atoms with van der Waals surface area (Å²) in [4.78, 5) is 24.1. The molecule has 0 aliphatic heterocycles. The minimum Gasteiger partial charge on any atom is -0.480 e. The van der Waals surface area contributed by atoms with Gasteiger partial charge in [-0.1, -0.05) is 24.3 Å². The minimum atomic E-state index is -1.04. The Kier molecular flexibility index (Phi) is 6.54. The van der Waals surface area contributed by atoms with E-state index in [1.807, 2.05) is 31.2 Å². The highest BCUT2D eigenvalue weighted by Crippen LogP contribution is 2.11. The van der Waals surface area contributed by atoms with E-state index in [2.05, 4.69) is 0 Å². The molecule has 1 aromatic rings. The number of benzene rings is 1. The molecule has 110 valence electrons. The Morgan fingerprint density at radius 1 is 1.40 bits per heavy atom. The SMILES string of the molecule is Cc1ccccc1CN(C)C(=O)CSC[C@H](N)C(=O)O. The molecule has 6 heteroatoms. The van der Waals surface area contributed by atoms with Crippen LogP contribution in [-0.2, 0) is 16.1 Å². The van der Waals surface area contributed by atoms with Crippen LogP contribution >= 0.6 is 11.8 Å². The van der Waals surface area contributed by atoms with Crippen molar-refractivity contribution in [2.45, 2.75) is 19.5 Å². The van der Waals surface area contributed by atoms with Gasteiger partial charge in [-0.15, -0.1) is 11.8 Å². The normalized spacial score (nSPS) is 11.9. The lowest BCUT2D eigenvalue weighted by Gasteiger charge is -2.18. The number of aryl methyl sites for hydroxylation is 1. The molecule has 0 fully saturated rings. The van der Waals surface area contributed by atoms with Gasteiger partial charge in [-0.05, 0) is 18.1 Å². The molecule has 0 aliphatic rings. The first-order valence-electron chi connectivity index (χ1n) is 6.26. The molecule has 0 aliphatic carbocycles. The number of amides is 1. The molecule has 1 aromatic carbocycles. The van der Waals surface area contributed by atoms with Crippen LogP contribution in [0.2, 0.25) is 0 Å². The Hall–Kier alpha value is -1.53. The summed E-state index contributed by atoms with van der Waals surface area (Å²) in [6.45, 7) is 2.56. The third kappa shape index (κ3) is 5.22. The van der Waals surface area contributed by atoms with Crippen LogP contribution in [0.15, 0.2) is 24.3 Å². The predicted molar refractivity (Wildman–Crippen MR) is 80.6 cm³/mol. The highest BCUT2D eigenvalue weighted by atomic mass is 32.2. The van der Waals surface area contributed by atoms with Gasteiger partial charge in [0.2, 0.25) is 5.91 Å². The number of rotatable bonds is 7. The second-order valence-corrected chi connectivity index (χ2v) is 5.67. The van der Waals surface area contributed by atoms with Crippen molar-refractivity contribution < 1.29 is 14.7 Å². The summed E-state index contributed by atoms with van der Waals surface area (Å²) in [6.07, 6.45) is 0. The van der Waals surface area contributed by atoms with E-state index >= 15 is 0 Å². The monoisotopic (exact) mass is 296 g/mol. The lowest BCUT2D eigenvalue weighted by Crippen LogP contribution is -2.34. The fourth-order valence-corrected chi connectivity index (χ4v) is 2.50. The van der Waals surface area contributed by atoms with E-state index in [1.54, 1.807) is 11.9 Å². The van der Waals surface area contributed by atoms with Crippen molar-refractivity contribution >= 4 is 23.6 Å². The standard InChI is InChI=1S/C14H20N2O3S/c1-10-5-3-4-6-11(10)7-16(2)13(17)9-20-8-12(15)14(18)19/h3-6,12H,7-9,15H2,1-2H3,(H,18,19)/t12-/m0/s1. The maximum atomic E-state index is 11.9. The summed E-state index contributed by atoms with van der Waals surface area (Å²) in [5, 5.41) is 8.65. The summed E-state index contributed by atoms with van der Waals surface area (Å²) in [5.41, 5.74) is 7.63. The molecule has 0 saturated heterocycles. The number of nitrogens with zero attached hydrogens (tertiary/aromatic N) is 1. The zero-order valence-electron chi connectivity index (χ0n) is 11.7. The Bertz CT molecular complexity index is 479. The lowest BCUT2D eigenvalue weighted by atomic mass is 10.1. The number of carboxylic acid groups (broad SMARTS) is 1. The van der Waals surface area contributed by atoms with Gasteiger partial charge < -0.3 is 15.7 Å². The summed E-state index contributed by atoms with van der Waals surface area (Å²) < 4.78 is 0. The topological polar surface area (TPSA) is 83.6 Å². The number of thioether (sulfide) groups is 1. The first kappa shape index (κ1) is 16.5. The molecule has 0 aromatic heterocycles. The van der Waals surface area contributed by atoms with E-state index in [4.69, 9.17) is 10.8 Å². The lowest BCUT2D eigenvalue weighted by molar-refractivity contribution is -0.138. The van der Waals surface area contributed by atoms with Crippen LogP contribution in [0.1, 0.15) is 11.1 Å². The van der Waals surface area contributed by atoms with Crippen molar-refractivity contribution in [3.05, 3.63) is 35.4 Å². The molecule has 0 saturated carbocycles. The number of carboxylic acids is 1. The van der Waals surface area contributed by atoms with Gasteiger partial charge in [0.25, 0.3) is 0 Å². The van der Waals surface area contributed by atoms with E-state index in [9.17, 15) is 9.59 Å². The van der Waals surface area contributed by atoms with Crippen molar-refractivity contribution in [1.82, 2.24) is 4.90 Å². The average Bonchev–Trinajstić information content (AvgIpc) is 2.40. The van der Waals surface area contributed by atoms with Crippen molar-refractivity contribution in [3.63, 3.8) is 0 Å². The second kappa shape index (κ2) is 7.91. The van der Waals surface area contributed by atoms with Crippen LogP contribution in [0.4, 0.5) is 0 Å². The summed E-state index contributed by atoms with van der Waals surface area (Å²) >= 11 is 1.24. The van der Waals surface area contributed by atoms with E-state index in [-0.39, 0.29) is 17.4 Å². The predicted octanol–water partition coefficient (Wildman–Crippen LogP) is 1.10. The van der Waals surface area contributed by atoms with Crippen LogP contribution in [0.5, 0.6) is 0 Å². The van der Waals surface area contributed by atoms with Gasteiger partial charge in [0.15, 0.2) is 0 Å². The third-order valence-corrected chi connectivity index (χ3v) is 3.98. The average molecular weight is 296 g/mol. The zero-order valence-corrected chi connectivity index (χ0v) is 12.5. The molecule has 0 unspecified atom stereocenters. The Morgan fingerprint density at radius 2 is 2.05 bits per heavy atom. The molecule has 0 radical (unpaired) electrons. The van der Waals surface area contributed by atoms with Crippen molar-refractivity contribution in [2.75, 3.05) is 18.6 Å². The number of nitrogens with two attached hydrogens (primary N) is 1. The quantitative estimate of drug-likeness (QED) is 0.787. The van der Waals surface area contributed by atoms with Crippen LogP contribution in [0, 0.1) is 6.92 Å². The summed E-state index contributed by atoms with van der Waals surface area (Å²) in [6, 6.07) is 6.99. The first-order valence-corrected chi connectivity index (χ1v) is 7.42. The number of hydrogen-bond donors (Lipinski definition) is 2. The van der Waals surface area contributed by atoms with Crippen molar-refractivity contribution in [3.8, 4) is 0 Å². The molecule has 3 N–H and O–H groups in total. The smallest absolute Gasteiger partial charge is 0.321 e. The van der Waals surface area contributed by atoms with Gasteiger partial charge in [-0.25, -0.2) is 0 Å². The van der Waals surface area contributed by atoms with E-state index in [1.165, 1.54) is 11.8 Å². The van der Waals surface area contributed by atoms with E-state index < -0.39 is 12.0 Å². The summed E-state index contributed by atoms with van der Waals surface area (Å²) in [7, 11) is 1.74. The number of carbonyl (C=O) groups excluding carboxylic acids is 1. The Balaban J connectivity index is 2.40. The first-order chi connectivity index (χ1) is 9.41. The van der Waals surface area contributed by atoms with Gasteiger partial charge in [-0.3, -0.25) is 9.59 Å². The Labute approximate surface area is 123 Å². The third-order valence-electron chi connectivity index (χ3n) is 2.93. The molecule has 0 bridgehead atoms. The molecule has 1 atom stereocenters. The van der Waals surface area contributed by atoms with Crippen LogP contribution in [-0.4, -0.2) is 46.5 Å². The molecule has 1 rings (SSSR count). The molecule has 20 heavy (non-hydrogen) atoms. The van der Waals surface area contributed by atoms with Crippen LogP contribution in [0.3, 0.4) is 0 Å². The number of carbonyl (C=O) groups is 2. The van der Waals surface area contributed by atoms with Crippen molar-refractivity contribution in [1.29, 1.82) is 0 Å². The fraction of sp³-hybridized carbons (Fsp3) is 0.429. The van der Waals surface area contributed by atoms with Gasteiger partial charge in [0, 0.05) is 19.3 Å². The van der Waals surface area contributed by atoms with Crippen LogP contribution in [0.25, 0.3) is 0 Å². The number of aliphatic carboxylic acids is 1. The molecule has 5 nitrogen and oxygen atoms in total. The maximum Gasteiger partial charge on any atom is 0.321 e. The second-order valence-electron chi connectivity index (χ2n) is 4.64. The number of hydrogen-bond acceptors (Lipinski definition) is 4. The van der Waals surface area contributed by atoms with Gasteiger partial charge in [0.1, 0.15) is 6.04 Å². The van der Waals surface area contributed by atoms with E-state index in [0.29, 0.717) is 6.54 Å². The largest absolute Gasteiger partial charge is 0.480 e. The fourth-order valence-electron chi connectivity index (χ4n) is 1.59. The van der Waals surface area contributed by atoms with Crippen LogP contribution < -0.4 is 5.73 Å². The van der Waals surface area contributed by atoms with Crippen molar-refractivity contribution in [2.24, 2.45) is 5.73 Å². The van der Waals surface area contributed by atoms with Gasteiger partial charge in [-0.2, -0.15) is 0 Å². The zero-order chi connectivity index (χ0) is 15.1. The van der Waals surface area contributed by atoms with Gasteiger partial charge >= 0.3 is 5.97 Å². The maximum absolute atomic E-state index is 11.9. The Morgan fingerprint density at radius 3 is 2.65 bits per heavy atom. The minimum absolute atomic E-state index is 0.0316. The molecule has 0 heterocycles. The highest BCUT2D eigenvalue weighted by molar-refractivity contribution is 8.00. The summed E-state index contributed by atoms with van der Waals surface area (Å²) in [5.74, 6) is -0.600. The molecule has 1 amide bonds. The molecular weight excluding hydrogens is 276 g/mol. The highest BCUT2D eigenvalue weighted by Gasteiger charge is 2.14. The van der Waals surface area contributed by atoms with Gasteiger partial charge in [0.05, 0.1) is 5.75 Å². The van der Waals surface area contributed by atoms with E-state index in [0.717, 1.165) is 11.1 Å². The molecule has 0 spiro atoms. The molecular formula is C14H20N2O3S.